The van der Waals surface area contributed by atoms with Gasteiger partial charge >= 0.3 is 0 Å². The normalized spacial score (nSPS) is 10.4. The number of nitrogens with zero attached hydrogens (tertiary/aromatic N) is 2. The molecule has 0 amide bonds. The minimum atomic E-state index is 0.438. The highest BCUT2D eigenvalue weighted by Gasteiger charge is 2.16. The molecular weight excluding hydrogens is 272 g/mol. The molecule has 0 saturated heterocycles. The predicted octanol–water partition coefficient (Wildman–Crippen LogP) is 4.21. The highest BCUT2D eigenvalue weighted by Crippen LogP contribution is 2.34. The summed E-state index contributed by atoms with van der Waals surface area (Å²) >= 11 is 6.10. The van der Waals surface area contributed by atoms with Gasteiger partial charge in [-0.15, -0.1) is 11.6 Å². The third-order valence-corrected chi connectivity index (χ3v) is 3.62. The second-order valence-corrected chi connectivity index (χ2v) is 5.01. The lowest BCUT2D eigenvalue weighted by Crippen LogP contribution is -2.15. The predicted molar refractivity (Wildman–Crippen MR) is 84.3 cm³/mol. The SMILES string of the molecule is COc1ccccc1N(C)c1nc(C)cc(C)c1CCl. The Hall–Kier alpha value is -1.74. The van der Waals surface area contributed by atoms with Crippen LogP contribution in [-0.2, 0) is 5.88 Å². The number of hydrogen-bond acceptors (Lipinski definition) is 3. The lowest BCUT2D eigenvalue weighted by atomic mass is 10.1. The summed E-state index contributed by atoms with van der Waals surface area (Å²) in [6.07, 6.45) is 0. The fourth-order valence-electron chi connectivity index (χ4n) is 2.31. The molecule has 0 fully saturated rings. The number of benzene rings is 1. The van der Waals surface area contributed by atoms with Crippen molar-refractivity contribution >= 4 is 23.1 Å². The van der Waals surface area contributed by atoms with E-state index >= 15 is 0 Å². The number of alkyl halides is 1. The van der Waals surface area contributed by atoms with Crippen LogP contribution in [0, 0.1) is 13.8 Å². The molecule has 0 aliphatic carbocycles. The number of aromatic nitrogens is 1. The third-order valence-electron chi connectivity index (χ3n) is 3.35. The van der Waals surface area contributed by atoms with Gasteiger partial charge in [0.2, 0.25) is 0 Å². The van der Waals surface area contributed by atoms with Crippen molar-refractivity contribution in [2.45, 2.75) is 19.7 Å². The molecule has 0 spiro atoms. The van der Waals surface area contributed by atoms with Crippen LogP contribution >= 0.6 is 11.6 Å². The van der Waals surface area contributed by atoms with Crippen LogP contribution in [0.3, 0.4) is 0 Å². The topological polar surface area (TPSA) is 25.4 Å². The Morgan fingerprint density at radius 1 is 1.25 bits per heavy atom. The van der Waals surface area contributed by atoms with Crippen LogP contribution in [-0.4, -0.2) is 19.1 Å². The molecule has 0 bridgehead atoms. The lowest BCUT2D eigenvalue weighted by Gasteiger charge is -2.24. The minimum Gasteiger partial charge on any atom is -0.495 e. The molecule has 2 rings (SSSR count). The molecule has 106 valence electrons. The second kappa shape index (κ2) is 6.14. The molecule has 1 aromatic carbocycles. The number of ether oxygens (including phenoxy) is 1. The Balaban J connectivity index is 2.55. The molecule has 20 heavy (non-hydrogen) atoms. The zero-order valence-electron chi connectivity index (χ0n) is 12.3. The minimum absolute atomic E-state index is 0.438. The van der Waals surface area contributed by atoms with E-state index in [9.17, 15) is 0 Å². The summed E-state index contributed by atoms with van der Waals surface area (Å²) in [6.45, 7) is 4.05. The number of hydrogen-bond donors (Lipinski definition) is 0. The van der Waals surface area contributed by atoms with Gasteiger partial charge < -0.3 is 9.64 Å². The summed E-state index contributed by atoms with van der Waals surface area (Å²) in [5.74, 6) is 2.13. The van der Waals surface area contributed by atoms with E-state index in [1.165, 1.54) is 0 Å². The van der Waals surface area contributed by atoms with Crippen molar-refractivity contribution < 1.29 is 4.74 Å². The summed E-state index contributed by atoms with van der Waals surface area (Å²) in [5, 5.41) is 0. The van der Waals surface area contributed by atoms with Crippen LogP contribution in [0.25, 0.3) is 0 Å². The Morgan fingerprint density at radius 2 is 1.95 bits per heavy atom. The van der Waals surface area contributed by atoms with Gasteiger partial charge in [-0.25, -0.2) is 4.98 Å². The monoisotopic (exact) mass is 290 g/mol. The molecular formula is C16H19ClN2O. The quantitative estimate of drug-likeness (QED) is 0.789. The second-order valence-electron chi connectivity index (χ2n) is 4.75. The van der Waals surface area contributed by atoms with Gasteiger partial charge in [0.05, 0.1) is 18.7 Å². The molecule has 1 aromatic heterocycles. The molecule has 0 N–H and O–H groups in total. The van der Waals surface area contributed by atoms with E-state index in [-0.39, 0.29) is 0 Å². The summed E-state index contributed by atoms with van der Waals surface area (Å²) < 4.78 is 5.42. The van der Waals surface area contributed by atoms with Crippen molar-refractivity contribution in [3.05, 3.63) is 47.2 Å². The van der Waals surface area contributed by atoms with Crippen LogP contribution in [0.5, 0.6) is 5.75 Å². The average molecular weight is 291 g/mol. The molecule has 0 saturated carbocycles. The first-order valence-electron chi connectivity index (χ1n) is 6.48. The molecule has 1 heterocycles. The zero-order chi connectivity index (χ0) is 14.7. The van der Waals surface area contributed by atoms with Gasteiger partial charge in [-0.3, -0.25) is 0 Å². The number of methoxy groups -OCH3 is 1. The summed E-state index contributed by atoms with van der Waals surface area (Å²) in [4.78, 5) is 6.67. The van der Waals surface area contributed by atoms with Gasteiger partial charge in [-0.2, -0.15) is 0 Å². The number of rotatable bonds is 4. The van der Waals surface area contributed by atoms with Crippen LogP contribution in [0.1, 0.15) is 16.8 Å². The average Bonchev–Trinajstić information content (AvgIpc) is 2.45. The Bertz CT molecular complexity index is 613. The first-order valence-corrected chi connectivity index (χ1v) is 7.01. The van der Waals surface area contributed by atoms with Crippen molar-refractivity contribution in [1.29, 1.82) is 0 Å². The fraction of sp³-hybridized carbons (Fsp3) is 0.312. The smallest absolute Gasteiger partial charge is 0.142 e. The number of pyridine rings is 1. The molecule has 0 atom stereocenters. The van der Waals surface area contributed by atoms with E-state index < -0.39 is 0 Å². The van der Waals surface area contributed by atoms with E-state index in [1.807, 2.05) is 43.1 Å². The maximum Gasteiger partial charge on any atom is 0.142 e. The maximum absolute atomic E-state index is 6.10. The standard InChI is InChI=1S/C16H19ClN2O/c1-11-9-12(2)18-16(13(11)10-17)19(3)14-7-5-6-8-15(14)20-4/h5-9H,10H2,1-4H3. The molecule has 4 heteroatoms. The Kier molecular flexibility index (Phi) is 4.50. The Morgan fingerprint density at radius 3 is 2.60 bits per heavy atom. The van der Waals surface area contributed by atoms with Crippen LogP contribution in [0.4, 0.5) is 11.5 Å². The first kappa shape index (κ1) is 14.7. The highest BCUT2D eigenvalue weighted by molar-refractivity contribution is 6.17. The lowest BCUT2D eigenvalue weighted by molar-refractivity contribution is 0.415. The number of anilines is 2. The van der Waals surface area contributed by atoms with Crippen molar-refractivity contribution in [3.63, 3.8) is 0 Å². The number of aryl methyl sites for hydroxylation is 2. The van der Waals surface area contributed by atoms with Crippen LogP contribution in [0.15, 0.2) is 30.3 Å². The first-order chi connectivity index (χ1) is 9.58. The zero-order valence-corrected chi connectivity index (χ0v) is 13.0. The fourth-order valence-corrected chi connectivity index (χ4v) is 2.64. The molecule has 2 aromatic rings. The summed E-state index contributed by atoms with van der Waals surface area (Å²) in [5.41, 5.74) is 4.15. The number of para-hydroxylation sites is 2. The van der Waals surface area contributed by atoms with Gasteiger partial charge in [0.15, 0.2) is 0 Å². The number of halogens is 1. The summed E-state index contributed by atoms with van der Waals surface area (Å²) in [7, 11) is 3.65. The molecule has 0 unspecified atom stereocenters. The Labute approximate surface area is 125 Å². The van der Waals surface area contributed by atoms with Crippen LogP contribution in [0.2, 0.25) is 0 Å². The van der Waals surface area contributed by atoms with E-state index in [0.29, 0.717) is 5.88 Å². The molecule has 0 aliphatic heterocycles. The molecule has 3 nitrogen and oxygen atoms in total. The van der Waals surface area contributed by atoms with E-state index in [4.69, 9.17) is 16.3 Å². The van der Waals surface area contributed by atoms with Gasteiger partial charge in [-0.1, -0.05) is 12.1 Å². The van der Waals surface area contributed by atoms with Gasteiger partial charge in [0.1, 0.15) is 11.6 Å². The maximum atomic E-state index is 6.10. The summed E-state index contributed by atoms with van der Waals surface area (Å²) in [6, 6.07) is 9.94. The largest absolute Gasteiger partial charge is 0.495 e. The van der Waals surface area contributed by atoms with Crippen molar-refractivity contribution in [2.24, 2.45) is 0 Å². The third kappa shape index (κ3) is 2.73. The van der Waals surface area contributed by atoms with E-state index in [1.54, 1.807) is 7.11 Å². The van der Waals surface area contributed by atoms with E-state index in [2.05, 4.69) is 18.0 Å². The highest BCUT2D eigenvalue weighted by atomic mass is 35.5. The van der Waals surface area contributed by atoms with E-state index in [0.717, 1.165) is 34.1 Å². The van der Waals surface area contributed by atoms with Crippen molar-refractivity contribution in [2.75, 3.05) is 19.1 Å². The van der Waals surface area contributed by atoms with Crippen molar-refractivity contribution in [1.82, 2.24) is 4.98 Å². The van der Waals surface area contributed by atoms with Gasteiger partial charge in [-0.05, 0) is 37.6 Å². The van der Waals surface area contributed by atoms with Gasteiger partial charge in [0, 0.05) is 18.3 Å². The van der Waals surface area contributed by atoms with Crippen LogP contribution < -0.4 is 9.64 Å². The van der Waals surface area contributed by atoms with Crippen molar-refractivity contribution in [3.8, 4) is 5.75 Å². The molecule has 0 radical (unpaired) electrons. The van der Waals surface area contributed by atoms with Gasteiger partial charge in [0.25, 0.3) is 0 Å². The molecule has 0 aliphatic rings.